The molecule has 0 radical (unpaired) electrons. The van der Waals surface area contributed by atoms with Gasteiger partial charge in [0.1, 0.15) is 23.0 Å². The molecule has 0 aromatic heterocycles. The summed E-state index contributed by atoms with van der Waals surface area (Å²) in [5, 5.41) is 41.5. The third-order valence-electron chi connectivity index (χ3n) is 10.3. The van der Waals surface area contributed by atoms with E-state index in [2.05, 4.69) is 62.4 Å². The van der Waals surface area contributed by atoms with Crippen molar-refractivity contribution in [2.24, 2.45) is 0 Å². The average Bonchev–Trinajstić information content (AvgIpc) is 3.09. The van der Waals surface area contributed by atoms with Crippen LogP contribution in [0.25, 0.3) is 11.1 Å². The fourth-order valence-electron chi connectivity index (χ4n) is 7.00. The molecule has 0 aliphatic heterocycles. The van der Waals surface area contributed by atoms with E-state index < -0.39 is 10.8 Å². The molecule has 48 heavy (non-hydrogen) atoms. The van der Waals surface area contributed by atoms with E-state index in [-0.39, 0.29) is 23.0 Å². The molecular weight excluding hydrogens is 592 g/mol. The van der Waals surface area contributed by atoms with Gasteiger partial charge in [-0.3, -0.25) is 0 Å². The molecular formula is C44H42O4. The first-order chi connectivity index (χ1) is 22.8. The standard InChI is InChI=1S/C44H42O4/c1-27-23-33(15-19-39(27)45)43(5,34-16-20-40(46)28(2)24-34)32-13-11-31(12-14-32)37-9-7-8-10-38(37)44(6,35-17-21-41(47)29(3)25-35)36-18-22-42(48)30(4)26-36/h7-26,45-48H,1-6H3. The molecule has 0 aliphatic rings. The van der Waals surface area contributed by atoms with Crippen molar-refractivity contribution in [2.75, 3.05) is 0 Å². The largest absolute Gasteiger partial charge is 0.508 e. The van der Waals surface area contributed by atoms with Gasteiger partial charge >= 0.3 is 0 Å². The van der Waals surface area contributed by atoms with E-state index in [1.165, 1.54) is 0 Å². The summed E-state index contributed by atoms with van der Waals surface area (Å²) < 4.78 is 0. The number of aromatic hydroxyl groups is 4. The first-order valence-electron chi connectivity index (χ1n) is 16.2. The Labute approximate surface area is 283 Å². The van der Waals surface area contributed by atoms with Crippen LogP contribution in [0, 0.1) is 27.7 Å². The summed E-state index contributed by atoms with van der Waals surface area (Å²) in [7, 11) is 0. The van der Waals surface area contributed by atoms with Gasteiger partial charge in [-0.15, -0.1) is 0 Å². The average molecular weight is 635 g/mol. The molecule has 0 atom stereocenters. The van der Waals surface area contributed by atoms with Crippen LogP contribution in [-0.2, 0) is 10.8 Å². The van der Waals surface area contributed by atoms with Gasteiger partial charge in [0.25, 0.3) is 0 Å². The first-order valence-corrected chi connectivity index (χ1v) is 16.2. The van der Waals surface area contributed by atoms with Crippen LogP contribution in [0.3, 0.4) is 0 Å². The van der Waals surface area contributed by atoms with Crippen LogP contribution in [0.2, 0.25) is 0 Å². The van der Waals surface area contributed by atoms with Crippen LogP contribution in [0.1, 0.15) is 69.5 Å². The van der Waals surface area contributed by atoms with Gasteiger partial charge in [0, 0.05) is 10.8 Å². The predicted molar refractivity (Wildman–Crippen MR) is 194 cm³/mol. The summed E-state index contributed by atoms with van der Waals surface area (Å²) in [6.45, 7) is 12.0. The highest BCUT2D eigenvalue weighted by molar-refractivity contribution is 5.73. The number of rotatable bonds is 7. The molecule has 6 aromatic carbocycles. The molecule has 0 bridgehead atoms. The number of hydrogen-bond donors (Lipinski definition) is 4. The lowest BCUT2D eigenvalue weighted by Gasteiger charge is -2.35. The summed E-state index contributed by atoms with van der Waals surface area (Å²) in [6, 6.07) is 40.2. The number of phenolic OH excluding ortho intramolecular Hbond substituents is 4. The van der Waals surface area contributed by atoms with Gasteiger partial charge < -0.3 is 20.4 Å². The molecule has 0 heterocycles. The summed E-state index contributed by atoms with van der Waals surface area (Å²) in [4.78, 5) is 0. The molecule has 6 aromatic rings. The van der Waals surface area contributed by atoms with E-state index in [1.807, 2.05) is 76.2 Å². The minimum atomic E-state index is -0.617. The number of hydrogen-bond acceptors (Lipinski definition) is 4. The highest BCUT2D eigenvalue weighted by Gasteiger charge is 2.35. The van der Waals surface area contributed by atoms with E-state index in [0.717, 1.165) is 66.8 Å². The molecule has 242 valence electrons. The Morgan fingerprint density at radius 2 is 0.708 bits per heavy atom. The third kappa shape index (κ3) is 5.47. The van der Waals surface area contributed by atoms with Gasteiger partial charge in [-0.05, 0) is 133 Å². The van der Waals surface area contributed by atoms with Crippen molar-refractivity contribution in [1.29, 1.82) is 0 Å². The second-order valence-corrected chi connectivity index (χ2v) is 13.4. The van der Waals surface area contributed by atoms with Crippen molar-refractivity contribution in [3.63, 3.8) is 0 Å². The summed E-state index contributed by atoms with van der Waals surface area (Å²) >= 11 is 0. The van der Waals surface area contributed by atoms with Crippen molar-refractivity contribution in [3.8, 4) is 34.1 Å². The number of phenols is 4. The molecule has 0 spiro atoms. The molecule has 0 saturated carbocycles. The molecule has 4 heteroatoms. The Kier molecular flexibility index (Phi) is 8.30. The van der Waals surface area contributed by atoms with E-state index in [9.17, 15) is 20.4 Å². The minimum Gasteiger partial charge on any atom is -0.508 e. The van der Waals surface area contributed by atoms with Gasteiger partial charge in [0.05, 0.1) is 0 Å². The van der Waals surface area contributed by atoms with E-state index in [4.69, 9.17) is 0 Å². The summed E-state index contributed by atoms with van der Waals surface area (Å²) in [5.41, 5.74) is 10.4. The maximum Gasteiger partial charge on any atom is 0.118 e. The molecule has 6 rings (SSSR count). The van der Waals surface area contributed by atoms with Crippen molar-refractivity contribution in [3.05, 3.63) is 177 Å². The second-order valence-electron chi connectivity index (χ2n) is 13.4. The van der Waals surface area contributed by atoms with Crippen LogP contribution in [0.5, 0.6) is 23.0 Å². The lowest BCUT2D eigenvalue weighted by atomic mass is 9.68. The smallest absolute Gasteiger partial charge is 0.118 e. The van der Waals surface area contributed by atoms with E-state index >= 15 is 0 Å². The zero-order chi connectivity index (χ0) is 34.4. The fourth-order valence-corrected chi connectivity index (χ4v) is 7.00. The predicted octanol–water partition coefficient (Wildman–Crippen LogP) is 10.1. The monoisotopic (exact) mass is 634 g/mol. The Bertz CT molecular complexity index is 2040. The maximum atomic E-state index is 10.4. The van der Waals surface area contributed by atoms with Crippen molar-refractivity contribution in [2.45, 2.75) is 52.4 Å². The lowest BCUT2D eigenvalue weighted by Crippen LogP contribution is -2.27. The van der Waals surface area contributed by atoms with Crippen LogP contribution in [0.15, 0.2) is 121 Å². The highest BCUT2D eigenvalue weighted by Crippen LogP contribution is 2.46. The Morgan fingerprint density at radius 3 is 1.08 bits per heavy atom. The minimum absolute atomic E-state index is 0.252. The lowest BCUT2D eigenvalue weighted by molar-refractivity contribution is 0.469. The van der Waals surface area contributed by atoms with E-state index in [0.29, 0.717) is 0 Å². The molecule has 0 amide bonds. The Hall–Kier alpha value is -5.48. The molecule has 0 fully saturated rings. The van der Waals surface area contributed by atoms with Gasteiger partial charge in [-0.2, -0.15) is 0 Å². The van der Waals surface area contributed by atoms with Gasteiger partial charge in [0.15, 0.2) is 0 Å². The summed E-state index contributed by atoms with van der Waals surface area (Å²) in [6.07, 6.45) is 0. The third-order valence-corrected chi connectivity index (χ3v) is 10.3. The normalized spacial score (nSPS) is 11.9. The fraction of sp³-hybridized carbons (Fsp3) is 0.182. The van der Waals surface area contributed by atoms with Crippen LogP contribution in [0.4, 0.5) is 0 Å². The van der Waals surface area contributed by atoms with Crippen molar-refractivity contribution < 1.29 is 20.4 Å². The highest BCUT2D eigenvalue weighted by atomic mass is 16.3. The first kappa shape index (κ1) is 32.5. The maximum absolute atomic E-state index is 10.4. The Balaban J connectivity index is 1.53. The molecule has 4 nitrogen and oxygen atoms in total. The van der Waals surface area contributed by atoms with Crippen LogP contribution in [-0.4, -0.2) is 20.4 Å². The molecule has 0 unspecified atom stereocenters. The molecule has 0 aliphatic carbocycles. The van der Waals surface area contributed by atoms with E-state index in [1.54, 1.807) is 24.3 Å². The zero-order valence-electron chi connectivity index (χ0n) is 28.3. The van der Waals surface area contributed by atoms with Gasteiger partial charge in [0.2, 0.25) is 0 Å². The SMILES string of the molecule is Cc1cc(C(C)(c2ccc(-c3ccccc3C(C)(c3ccc(O)c(C)c3)c3ccc(O)c(C)c3)cc2)c2ccc(O)c(C)c2)ccc1O. The van der Waals surface area contributed by atoms with Crippen molar-refractivity contribution in [1.82, 2.24) is 0 Å². The second kappa shape index (κ2) is 12.3. The van der Waals surface area contributed by atoms with Gasteiger partial charge in [-0.1, -0.05) is 97.1 Å². The molecule has 4 N–H and O–H groups in total. The van der Waals surface area contributed by atoms with Crippen LogP contribution >= 0.6 is 0 Å². The molecule has 0 saturated heterocycles. The zero-order valence-corrected chi connectivity index (χ0v) is 28.3. The van der Waals surface area contributed by atoms with Crippen LogP contribution < -0.4 is 0 Å². The topological polar surface area (TPSA) is 80.9 Å². The summed E-state index contributed by atoms with van der Waals surface area (Å²) in [5.74, 6) is 1.02. The number of benzene rings is 6. The quantitative estimate of drug-likeness (QED) is 0.132. The van der Waals surface area contributed by atoms with Gasteiger partial charge in [-0.25, -0.2) is 0 Å². The number of aryl methyl sites for hydroxylation is 4. The van der Waals surface area contributed by atoms with Crippen molar-refractivity contribution >= 4 is 0 Å². The Morgan fingerprint density at radius 1 is 0.375 bits per heavy atom.